The lowest BCUT2D eigenvalue weighted by Crippen LogP contribution is -2.35. The second-order valence-electron chi connectivity index (χ2n) is 4.18. The monoisotopic (exact) mass is 274 g/mol. The van der Waals surface area contributed by atoms with E-state index in [1.54, 1.807) is 0 Å². The Kier molecular flexibility index (Phi) is 4.80. The molecule has 17 heavy (non-hydrogen) atoms. The molecule has 0 heterocycles. The molecule has 1 aliphatic rings. The fraction of sp³-hybridized carbons (Fsp3) is 0.417. The van der Waals surface area contributed by atoms with Gasteiger partial charge in [0.25, 0.3) is 0 Å². The standard InChI is InChI=1S/C12H15ClN2O.ClH/c13-10-3-1-2-9(8-10)12(5-6-12)15-11(16)4-7-14;/h1-3,8H,4-7,14H2,(H,15,16);1H. The molecule has 1 fully saturated rings. The Labute approximate surface area is 112 Å². The molecule has 0 radical (unpaired) electrons. The van der Waals surface area contributed by atoms with E-state index < -0.39 is 0 Å². The normalized spacial score (nSPS) is 15.9. The Bertz CT molecular complexity index is 405. The molecule has 1 amide bonds. The SMILES string of the molecule is Cl.NCCC(=O)NC1(c2cccc(Cl)c2)CC1. The van der Waals surface area contributed by atoms with Crippen molar-refractivity contribution in [1.29, 1.82) is 0 Å². The summed E-state index contributed by atoms with van der Waals surface area (Å²) in [5.74, 6) is 0.0139. The second kappa shape index (κ2) is 5.71. The highest BCUT2D eigenvalue weighted by atomic mass is 35.5. The van der Waals surface area contributed by atoms with Crippen LogP contribution in [0.4, 0.5) is 0 Å². The molecule has 94 valence electrons. The highest BCUT2D eigenvalue weighted by Crippen LogP contribution is 2.45. The molecule has 5 heteroatoms. The topological polar surface area (TPSA) is 55.1 Å². The van der Waals surface area contributed by atoms with Crippen molar-refractivity contribution < 1.29 is 4.79 Å². The molecule has 1 aromatic carbocycles. The Balaban J connectivity index is 0.00000144. The molecule has 0 aliphatic heterocycles. The van der Waals surface area contributed by atoms with Crippen molar-refractivity contribution >= 4 is 29.9 Å². The Morgan fingerprint density at radius 2 is 2.18 bits per heavy atom. The van der Waals surface area contributed by atoms with Crippen molar-refractivity contribution in [3.63, 3.8) is 0 Å². The number of nitrogens with one attached hydrogen (secondary N) is 1. The highest BCUT2D eigenvalue weighted by molar-refractivity contribution is 6.30. The van der Waals surface area contributed by atoms with Crippen LogP contribution in [0, 0.1) is 0 Å². The largest absolute Gasteiger partial charge is 0.347 e. The van der Waals surface area contributed by atoms with E-state index in [4.69, 9.17) is 17.3 Å². The van der Waals surface area contributed by atoms with Gasteiger partial charge in [0.05, 0.1) is 5.54 Å². The zero-order valence-electron chi connectivity index (χ0n) is 9.41. The molecule has 1 saturated carbocycles. The molecule has 0 unspecified atom stereocenters. The Hall–Kier alpha value is -0.770. The number of hydrogen-bond acceptors (Lipinski definition) is 2. The van der Waals surface area contributed by atoms with E-state index in [0.29, 0.717) is 18.0 Å². The summed E-state index contributed by atoms with van der Waals surface area (Å²) in [4.78, 5) is 11.5. The maximum Gasteiger partial charge on any atom is 0.221 e. The molecule has 1 aromatic rings. The summed E-state index contributed by atoms with van der Waals surface area (Å²) in [5.41, 5.74) is 6.25. The molecule has 0 saturated heterocycles. The number of carbonyl (C=O) groups is 1. The first-order chi connectivity index (χ1) is 7.66. The van der Waals surface area contributed by atoms with Crippen molar-refractivity contribution in [2.75, 3.05) is 6.54 Å². The maximum absolute atomic E-state index is 11.5. The Morgan fingerprint density at radius 1 is 1.47 bits per heavy atom. The zero-order valence-corrected chi connectivity index (χ0v) is 11.0. The van der Waals surface area contributed by atoms with Gasteiger partial charge >= 0.3 is 0 Å². The Morgan fingerprint density at radius 3 is 2.71 bits per heavy atom. The van der Waals surface area contributed by atoms with Crippen molar-refractivity contribution in [3.05, 3.63) is 34.9 Å². The molecule has 3 N–H and O–H groups in total. The quantitative estimate of drug-likeness (QED) is 0.885. The summed E-state index contributed by atoms with van der Waals surface area (Å²) in [7, 11) is 0. The van der Waals surface area contributed by atoms with Gasteiger partial charge in [-0.2, -0.15) is 0 Å². The van der Waals surface area contributed by atoms with Gasteiger partial charge in [0.15, 0.2) is 0 Å². The van der Waals surface area contributed by atoms with Gasteiger partial charge in [-0.05, 0) is 30.5 Å². The fourth-order valence-corrected chi connectivity index (χ4v) is 2.05. The van der Waals surface area contributed by atoms with Gasteiger partial charge < -0.3 is 11.1 Å². The first-order valence-electron chi connectivity index (χ1n) is 5.43. The van der Waals surface area contributed by atoms with E-state index in [0.717, 1.165) is 18.4 Å². The summed E-state index contributed by atoms with van der Waals surface area (Å²) < 4.78 is 0. The van der Waals surface area contributed by atoms with Crippen molar-refractivity contribution in [1.82, 2.24) is 5.32 Å². The third-order valence-electron chi connectivity index (χ3n) is 2.88. The number of halogens is 2. The van der Waals surface area contributed by atoms with Crippen LogP contribution in [0.15, 0.2) is 24.3 Å². The third kappa shape index (κ3) is 3.35. The maximum atomic E-state index is 11.5. The van der Waals surface area contributed by atoms with Crippen molar-refractivity contribution in [2.24, 2.45) is 5.73 Å². The van der Waals surface area contributed by atoms with Gasteiger partial charge in [-0.15, -0.1) is 12.4 Å². The third-order valence-corrected chi connectivity index (χ3v) is 3.11. The smallest absolute Gasteiger partial charge is 0.221 e. The molecule has 1 aliphatic carbocycles. The van der Waals surface area contributed by atoms with Gasteiger partial charge in [0.1, 0.15) is 0 Å². The lowest BCUT2D eigenvalue weighted by Gasteiger charge is -2.18. The van der Waals surface area contributed by atoms with E-state index in [-0.39, 0.29) is 23.9 Å². The number of hydrogen-bond donors (Lipinski definition) is 2. The number of benzene rings is 1. The van der Waals surface area contributed by atoms with Crippen LogP contribution in [0.5, 0.6) is 0 Å². The molecule has 0 atom stereocenters. The number of nitrogens with two attached hydrogens (primary N) is 1. The van der Waals surface area contributed by atoms with Crippen LogP contribution in [0.25, 0.3) is 0 Å². The predicted molar refractivity (Wildman–Crippen MR) is 71.4 cm³/mol. The average molecular weight is 275 g/mol. The summed E-state index contributed by atoms with van der Waals surface area (Å²) in [6.45, 7) is 0.386. The van der Waals surface area contributed by atoms with E-state index in [2.05, 4.69) is 5.32 Å². The van der Waals surface area contributed by atoms with Gasteiger partial charge in [-0.3, -0.25) is 4.79 Å². The molecule has 2 rings (SSSR count). The van der Waals surface area contributed by atoms with E-state index >= 15 is 0 Å². The lowest BCUT2D eigenvalue weighted by molar-refractivity contribution is -0.121. The summed E-state index contributed by atoms with van der Waals surface area (Å²) in [5, 5.41) is 3.74. The number of carbonyl (C=O) groups excluding carboxylic acids is 1. The molecular weight excluding hydrogens is 259 g/mol. The van der Waals surface area contributed by atoms with Crippen LogP contribution in [-0.2, 0) is 10.3 Å². The van der Waals surface area contributed by atoms with Crippen LogP contribution in [0.3, 0.4) is 0 Å². The van der Waals surface area contributed by atoms with E-state index in [1.807, 2.05) is 24.3 Å². The lowest BCUT2D eigenvalue weighted by atomic mass is 10.0. The first-order valence-corrected chi connectivity index (χ1v) is 5.81. The molecular formula is C12H16Cl2N2O. The van der Waals surface area contributed by atoms with Crippen LogP contribution in [-0.4, -0.2) is 12.5 Å². The van der Waals surface area contributed by atoms with Gasteiger partial charge in [-0.1, -0.05) is 23.7 Å². The molecule has 0 aromatic heterocycles. The first kappa shape index (κ1) is 14.3. The van der Waals surface area contributed by atoms with E-state index in [1.165, 1.54) is 0 Å². The van der Waals surface area contributed by atoms with Crippen LogP contribution in [0.1, 0.15) is 24.8 Å². The zero-order chi connectivity index (χ0) is 11.6. The molecule has 0 bridgehead atoms. The number of amides is 1. The minimum absolute atomic E-state index is 0. The van der Waals surface area contributed by atoms with Gasteiger partial charge in [0.2, 0.25) is 5.91 Å². The summed E-state index contributed by atoms with van der Waals surface area (Å²) >= 11 is 5.94. The van der Waals surface area contributed by atoms with Gasteiger partial charge in [-0.25, -0.2) is 0 Å². The predicted octanol–water partition coefficient (Wildman–Crippen LogP) is 2.22. The molecule has 3 nitrogen and oxygen atoms in total. The fourth-order valence-electron chi connectivity index (χ4n) is 1.86. The summed E-state index contributed by atoms with van der Waals surface area (Å²) in [6.07, 6.45) is 2.33. The van der Waals surface area contributed by atoms with Crippen LogP contribution in [0.2, 0.25) is 5.02 Å². The summed E-state index contributed by atoms with van der Waals surface area (Å²) in [6, 6.07) is 7.66. The van der Waals surface area contributed by atoms with Crippen LogP contribution < -0.4 is 11.1 Å². The number of rotatable bonds is 4. The minimum Gasteiger partial charge on any atom is -0.347 e. The molecule has 0 spiro atoms. The second-order valence-corrected chi connectivity index (χ2v) is 4.62. The van der Waals surface area contributed by atoms with Gasteiger partial charge in [0, 0.05) is 18.0 Å². The van der Waals surface area contributed by atoms with E-state index in [9.17, 15) is 4.79 Å². The van der Waals surface area contributed by atoms with Crippen molar-refractivity contribution in [2.45, 2.75) is 24.8 Å². The minimum atomic E-state index is -0.183. The van der Waals surface area contributed by atoms with Crippen molar-refractivity contribution in [3.8, 4) is 0 Å². The highest BCUT2D eigenvalue weighted by Gasteiger charge is 2.45. The van der Waals surface area contributed by atoms with Crippen LogP contribution >= 0.6 is 24.0 Å². The average Bonchev–Trinajstić information content (AvgIpc) is 2.99.